The maximum absolute atomic E-state index is 5.77. The third-order valence-electron chi connectivity index (χ3n) is 3.08. The molecule has 0 aliphatic rings. The summed E-state index contributed by atoms with van der Waals surface area (Å²) in [4.78, 5) is 4.58. The van der Waals surface area contributed by atoms with Crippen LogP contribution in [0.1, 0.15) is 51.8 Å². The standard InChI is InChI=1S/C18H30N2O/c1-6-7-17-10-16(13-19-12-15(4)5)11-18(20-17)21-9-8-14(2)3/h10-11,15,19H,2,6-9,12-13H2,1,3-5H3. The van der Waals surface area contributed by atoms with Crippen LogP contribution in [0, 0.1) is 5.92 Å². The van der Waals surface area contributed by atoms with Crippen molar-refractivity contribution < 1.29 is 4.74 Å². The van der Waals surface area contributed by atoms with Crippen LogP contribution in [0.2, 0.25) is 0 Å². The molecule has 0 saturated heterocycles. The summed E-state index contributed by atoms with van der Waals surface area (Å²) in [5.41, 5.74) is 3.50. The summed E-state index contributed by atoms with van der Waals surface area (Å²) in [5.74, 6) is 1.40. The first-order valence-corrected chi connectivity index (χ1v) is 7.99. The molecule has 0 aromatic carbocycles. The van der Waals surface area contributed by atoms with E-state index in [-0.39, 0.29) is 0 Å². The number of aryl methyl sites for hydroxylation is 1. The van der Waals surface area contributed by atoms with Crippen LogP contribution in [0.25, 0.3) is 0 Å². The summed E-state index contributed by atoms with van der Waals surface area (Å²) in [6, 6.07) is 4.23. The Morgan fingerprint density at radius 3 is 2.76 bits per heavy atom. The van der Waals surface area contributed by atoms with E-state index >= 15 is 0 Å². The van der Waals surface area contributed by atoms with Crippen LogP contribution >= 0.6 is 0 Å². The zero-order valence-corrected chi connectivity index (χ0v) is 14.0. The second-order valence-corrected chi connectivity index (χ2v) is 6.14. The average Bonchev–Trinajstić information content (AvgIpc) is 2.38. The molecule has 1 N–H and O–H groups in total. The molecule has 3 nitrogen and oxygen atoms in total. The first kappa shape index (κ1) is 17.7. The fourth-order valence-corrected chi connectivity index (χ4v) is 2.02. The molecular weight excluding hydrogens is 260 g/mol. The Morgan fingerprint density at radius 2 is 2.14 bits per heavy atom. The second kappa shape index (κ2) is 9.56. The van der Waals surface area contributed by atoms with E-state index in [2.05, 4.69) is 43.7 Å². The van der Waals surface area contributed by atoms with Gasteiger partial charge in [-0.15, -0.1) is 6.58 Å². The highest BCUT2D eigenvalue weighted by Gasteiger charge is 2.04. The van der Waals surface area contributed by atoms with Gasteiger partial charge >= 0.3 is 0 Å². The summed E-state index contributed by atoms with van der Waals surface area (Å²) >= 11 is 0. The number of aromatic nitrogens is 1. The van der Waals surface area contributed by atoms with E-state index in [0.29, 0.717) is 12.5 Å². The minimum Gasteiger partial charge on any atom is -0.477 e. The van der Waals surface area contributed by atoms with E-state index in [1.54, 1.807) is 0 Å². The molecule has 21 heavy (non-hydrogen) atoms. The molecular formula is C18H30N2O. The fourth-order valence-electron chi connectivity index (χ4n) is 2.02. The molecule has 0 unspecified atom stereocenters. The summed E-state index contributed by atoms with van der Waals surface area (Å²) in [6.45, 7) is 15.1. The molecule has 0 aliphatic carbocycles. The molecule has 1 rings (SSSR count). The fraction of sp³-hybridized carbons (Fsp3) is 0.611. The van der Waals surface area contributed by atoms with Gasteiger partial charge in [0.2, 0.25) is 5.88 Å². The number of hydrogen-bond donors (Lipinski definition) is 1. The summed E-state index contributed by atoms with van der Waals surface area (Å²) in [6.07, 6.45) is 2.97. The van der Waals surface area contributed by atoms with Gasteiger partial charge in [0.25, 0.3) is 0 Å². The lowest BCUT2D eigenvalue weighted by Gasteiger charge is -2.12. The van der Waals surface area contributed by atoms with E-state index in [1.165, 1.54) is 5.56 Å². The molecule has 0 atom stereocenters. The van der Waals surface area contributed by atoms with E-state index in [0.717, 1.165) is 49.5 Å². The van der Waals surface area contributed by atoms with Gasteiger partial charge in [0.1, 0.15) is 0 Å². The maximum Gasteiger partial charge on any atom is 0.213 e. The SMILES string of the molecule is C=C(C)CCOc1cc(CNCC(C)C)cc(CCC)n1. The van der Waals surface area contributed by atoms with E-state index in [1.807, 2.05) is 13.0 Å². The zero-order valence-electron chi connectivity index (χ0n) is 14.0. The molecule has 1 aromatic heterocycles. The van der Waals surface area contributed by atoms with Crippen LogP contribution in [-0.2, 0) is 13.0 Å². The van der Waals surface area contributed by atoms with Crippen LogP contribution < -0.4 is 10.1 Å². The number of pyridine rings is 1. The van der Waals surface area contributed by atoms with Gasteiger partial charge in [0.15, 0.2) is 0 Å². The third kappa shape index (κ3) is 7.86. The van der Waals surface area contributed by atoms with Crippen molar-refractivity contribution in [2.45, 2.75) is 53.5 Å². The van der Waals surface area contributed by atoms with E-state index in [9.17, 15) is 0 Å². The van der Waals surface area contributed by atoms with Crippen LogP contribution in [0.4, 0.5) is 0 Å². The van der Waals surface area contributed by atoms with Gasteiger partial charge in [-0.3, -0.25) is 0 Å². The van der Waals surface area contributed by atoms with Crippen LogP contribution in [-0.4, -0.2) is 18.1 Å². The van der Waals surface area contributed by atoms with Crippen molar-refractivity contribution in [2.75, 3.05) is 13.2 Å². The summed E-state index contributed by atoms with van der Waals surface area (Å²) in [7, 11) is 0. The molecule has 0 radical (unpaired) electrons. The van der Waals surface area contributed by atoms with Gasteiger partial charge in [-0.25, -0.2) is 4.98 Å². The minimum atomic E-state index is 0.650. The summed E-state index contributed by atoms with van der Waals surface area (Å²) in [5, 5.41) is 3.47. The van der Waals surface area contributed by atoms with Crippen molar-refractivity contribution in [1.29, 1.82) is 0 Å². The molecule has 0 bridgehead atoms. The van der Waals surface area contributed by atoms with Crippen LogP contribution in [0.3, 0.4) is 0 Å². The number of nitrogens with one attached hydrogen (secondary N) is 1. The van der Waals surface area contributed by atoms with E-state index < -0.39 is 0 Å². The molecule has 0 fully saturated rings. The zero-order chi connectivity index (χ0) is 15.7. The monoisotopic (exact) mass is 290 g/mol. The van der Waals surface area contributed by atoms with Crippen molar-refractivity contribution in [2.24, 2.45) is 5.92 Å². The Balaban J connectivity index is 2.67. The molecule has 0 amide bonds. The molecule has 1 heterocycles. The Hall–Kier alpha value is -1.35. The first-order valence-electron chi connectivity index (χ1n) is 7.99. The van der Waals surface area contributed by atoms with Gasteiger partial charge < -0.3 is 10.1 Å². The van der Waals surface area contributed by atoms with Crippen molar-refractivity contribution in [3.8, 4) is 5.88 Å². The van der Waals surface area contributed by atoms with Crippen molar-refractivity contribution in [3.63, 3.8) is 0 Å². The molecule has 0 saturated carbocycles. The number of rotatable bonds is 10. The van der Waals surface area contributed by atoms with Crippen molar-refractivity contribution in [3.05, 3.63) is 35.5 Å². The van der Waals surface area contributed by atoms with Crippen molar-refractivity contribution in [1.82, 2.24) is 10.3 Å². The van der Waals surface area contributed by atoms with Gasteiger partial charge in [-0.05, 0) is 37.4 Å². The Bertz CT molecular complexity index is 441. The second-order valence-electron chi connectivity index (χ2n) is 6.14. The minimum absolute atomic E-state index is 0.650. The highest BCUT2D eigenvalue weighted by molar-refractivity contribution is 5.25. The molecule has 0 aliphatic heterocycles. The van der Waals surface area contributed by atoms with Crippen LogP contribution in [0.5, 0.6) is 5.88 Å². The number of nitrogens with zero attached hydrogens (tertiary/aromatic N) is 1. The smallest absolute Gasteiger partial charge is 0.213 e. The number of hydrogen-bond acceptors (Lipinski definition) is 3. The normalized spacial score (nSPS) is 10.9. The predicted octanol–water partition coefficient (Wildman–Crippen LogP) is 4.12. The lowest BCUT2D eigenvalue weighted by Crippen LogP contribution is -2.19. The summed E-state index contributed by atoms with van der Waals surface area (Å²) < 4.78 is 5.77. The Kier molecular flexibility index (Phi) is 8.06. The van der Waals surface area contributed by atoms with Gasteiger partial charge in [0, 0.05) is 24.7 Å². The highest BCUT2D eigenvalue weighted by atomic mass is 16.5. The lowest BCUT2D eigenvalue weighted by molar-refractivity contribution is 0.308. The highest BCUT2D eigenvalue weighted by Crippen LogP contribution is 2.15. The lowest BCUT2D eigenvalue weighted by atomic mass is 10.1. The van der Waals surface area contributed by atoms with Crippen LogP contribution in [0.15, 0.2) is 24.3 Å². The van der Waals surface area contributed by atoms with Gasteiger partial charge in [-0.2, -0.15) is 0 Å². The topological polar surface area (TPSA) is 34.1 Å². The first-order chi connectivity index (χ1) is 10.0. The van der Waals surface area contributed by atoms with Gasteiger partial charge in [-0.1, -0.05) is 32.8 Å². The molecule has 118 valence electrons. The van der Waals surface area contributed by atoms with Gasteiger partial charge in [0.05, 0.1) is 6.61 Å². The third-order valence-corrected chi connectivity index (χ3v) is 3.08. The molecule has 1 aromatic rings. The maximum atomic E-state index is 5.77. The van der Waals surface area contributed by atoms with Crippen molar-refractivity contribution >= 4 is 0 Å². The predicted molar refractivity (Wildman–Crippen MR) is 89.7 cm³/mol. The quantitative estimate of drug-likeness (QED) is 0.658. The largest absolute Gasteiger partial charge is 0.477 e. The molecule has 0 spiro atoms. The molecule has 3 heteroatoms. The number of ether oxygens (including phenoxy) is 1. The average molecular weight is 290 g/mol. The Labute approximate surface area is 129 Å². The Morgan fingerprint density at radius 1 is 1.38 bits per heavy atom. The van der Waals surface area contributed by atoms with E-state index in [4.69, 9.17) is 4.74 Å².